The maximum atomic E-state index is 13.6. The highest BCUT2D eigenvalue weighted by Crippen LogP contribution is 2.19. The van der Waals surface area contributed by atoms with Gasteiger partial charge < -0.3 is 20.2 Å². The molecule has 1 aromatic carbocycles. The second-order valence-corrected chi connectivity index (χ2v) is 7.83. The van der Waals surface area contributed by atoms with Crippen molar-refractivity contribution >= 4 is 28.6 Å². The van der Waals surface area contributed by atoms with Crippen molar-refractivity contribution in [3.05, 3.63) is 47.4 Å². The van der Waals surface area contributed by atoms with Crippen LogP contribution in [0.15, 0.2) is 29.4 Å². The smallest absolute Gasteiger partial charge is 0.191 e. The maximum Gasteiger partial charge on any atom is 0.191 e. The summed E-state index contributed by atoms with van der Waals surface area (Å²) in [5.74, 6) is 3.31. The van der Waals surface area contributed by atoms with Gasteiger partial charge in [-0.15, -0.1) is 10.2 Å². The number of nitrogens with zero attached hydrogens (tertiary/aromatic N) is 4. The van der Waals surface area contributed by atoms with E-state index in [1.807, 2.05) is 36.5 Å². The van der Waals surface area contributed by atoms with Crippen LogP contribution < -0.4 is 10.6 Å². The Balaban J connectivity index is 1.61. The number of H-pyrrole nitrogens is 1. The van der Waals surface area contributed by atoms with Crippen LogP contribution in [0.3, 0.4) is 0 Å². The lowest BCUT2D eigenvalue weighted by atomic mass is 10.1. The van der Waals surface area contributed by atoms with Crippen LogP contribution in [0.25, 0.3) is 10.9 Å². The zero-order valence-corrected chi connectivity index (χ0v) is 17.9. The molecule has 0 radical (unpaired) electrons. The van der Waals surface area contributed by atoms with Gasteiger partial charge in [-0.05, 0) is 55.5 Å². The predicted octanol–water partition coefficient (Wildman–Crippen LogP) is 2.77. The molecule has 156 valence electrons. The van der Waals surface area contributed by atoms with E-state index in [0.29, 0.717) is 13.1 Å². The molecule has 0 saturated carbocycles. The zero-order chi connectivity index (χ0) is 20.6. The molecule has 0 amide bonds. The van der Waals surface area contributed by atoms with Crippen molar-refractivity contribution in [1.29, 1.82) is 0 Å². The Kier molecular flexibility index (Phi) is 7.51. The number of fused-ring (bicyclic) bond motifs is 1. The van der Waals surface area contributed by atoms with Gasteiger partial charge in [0.1, 0.15) is 18.2 Å². The van der Waals surface area contributed by atoms with Crippen molar-refractivity contribution in [2.24, 2.45) is 12.0 Å². The molecule has 29 heavy (non-hydrogen) atoms. The van der Waals surface area contributed by atoms with Gasteiger partial charge in [0.25, 0.3) is 0 Å². The van der Waals surface area contributed by atoms with Gasteiger partial charge in [0.15, 0.2) is 11.8 Å². The Morgan fingerprint density at radius 1 is 1.28 bits per heavy atom. The Morgan fingerprint density at radius 2 is 2.10 bits per heavy atom. The second-order valence-electron chi connectivity index (χ2n) is 6.84. The fraction of sp³-hybridized carbons (Fsp3) is 0.450. The van der Waals surface area contributed by atoms with Gasteiger partial charge in [-0.25, -0.2) is 9.38 Å². The van der Waals surface area contributed by atoms with E-state index in [1.54, 1.807) is 12.1 Å². The lowest BCUT2D eigenvalue weighted by Gasteiger charge is -2.12. The number of hydrogen-bond donors (Lipinski definition) is 3. The van der Waals surface area contributed by atoms with Crippen molar-refractivity contribution in [2.45, 2.75) is 26.3 Å². The van der Waals surface area contributed by atoms with E-state index in [-0.39, 0.29) is 5.82 Å². The molecule has 0 bridgehead atoms. The van der Waals surface area contributed by atoms with E-state index >= 15 is 0 Å². The molecule has 0 atom stereocenters. The highest BCUT2D eigenvalue weighted by molar-refractivity contribution is 7.98. The summed E-state index contributed by atoms with van der Waals surface area (Å²) in [5, 5.41) is 15.9. The minimum absolute atomic E-state index is 0.219. The van der Waals surface area contributed by atoms with Gasteiger partial charge in [0.05, 0.1) is 0 Å². The number of halogens is 1. The molecule has 0 aliphatic heterocycles. The van der Waals surface area contributed by atoms with Crippen LogP contribution in [0.1, 0.15) is 23.6 Å². The molecule has 2 heterocycles. The second kappa shape index (κ2) is 10.3. The average molecular weight is 418 g/mol. The van der Waals surface area contributed by atoms with Crippen molar-refractivity contribution in [2.75, 3.05) is 25.1 Å². The van der Waals surface area contributed by atoms with Crippen molar-refractivity contribution < 1.29 is 4.39 Å². The fourth-order valence-corrected chi connectivity index (χ4v) is 3.44. The van der Waals surface area contributed by atoms with Gasteiger partial charge in [0.2, 0.25) is 0 Å². The van der Waals surface area contributed by atoms with Gasteiger partial charge in [-0.2, -0.15) is 11.8 Å². The molecule has 3 N–H and O–H groups in total. The van der Waals surface area contributed by atoms with Crippen molar-refractivity contribution in [3.8, 4) is 0 Å². The summed E-state index contributed by atoms with van der Waals surface area (Å²) in [6.45, 7) is 3.91. The number of rotatable bonds is 9. The van der Waals surface area contributed by atoms with Crippen LogP contribution >= 0.6 is 11.8 Å². The number of aromatic amines is 1. The highest BCUT2D eigenvalue weighted by atomic mass is 32.2. The monoisotopic (exact) mass is 417 g/mol. The van der Waals surface area contributed by atoms with Gasteiger partial charge in [-0.3, -0.25) is 0 Å². The molecular formula is C20H28FN7S. The van der Waals surface area contributed by atoms with Crippen LogP contribution in [0, 0.1) is 12.7 Å². The maximum absolute atomic E-state index is 13.6. The van der Waals surface area contributed by atoms with Crippen LogP contribution in [0.5, 0.6) is 0 Å². The normalized spacial score (nSPS) is 11.9. The Morgan fingerprint density at radius 3 is 2.86 bits per heavy atom. The van der Waals surface area contributed by atoms with Gasteiger partial charge >= 0.3 is 0 Å². The third kappa shape index (κ3) is 5.72. The largest absolute Gasteiger partial charge is 0.361 e. The molecule has 3 rings (SSSR count). The number of aryl methyl sites for hydroxylation is 1. The molecule has 7 nitrogen and oxygen atoms in total. The number of thioether (sulfide) groups is 1. The molecule has 0 unspecified atom stereocenters. The van der Waals surface area contributed by atoms with Gasteiger partial charge in [0, 0.05) is 37.2 Å². The Bertz CT molecular complexity index is 963. The molecule has 2 aromatic heterocycles. The van der Waals surface area contributed by atoms with Crippen molar-refractivity contribution in [3.63, 3.8) is 0 Å². The predicted molar refractivity (Wildman–Crippen MR) is 118 cm³/mol. The lowest BCUT2D eigenvalue weighted by Crippen LogP contribution is -2.39. The highest BCUT2D eigenvalue weighted by Gasteiger charge is 2.07. The molecule has 3 aromatic rings. The summed E-state index contributed by atoms with van der Waals surface area (Å²) in [6.07, 6.45) is 5.87. The molecular weight excluding hydrogens is 389 g/mol. The van der Waals surface area contributed by atoms with E-state index < -0.39 is 0 Å². The minimum atomic E-state index is -0.219. The first-order chi connectivity index (χ1) is 14.1. The van der Waals surface area contributed by atoms with Crippen LogP contribution in [0.2, 0.25) is 0 Å². The lowest BCUT2D eigenvalue weighted by molar-refractivity contribution is 0.629. The van der Waals surface area contributed by atoms with Crippen LogP contribution in [-0.4, -0.2) is 50.8 Å². The minimum Gasteiger partial charge on any atom is -0.361 e. The van der Waals surface area contributed by atoms with Crippen molar-refractivity contribution in [1.82, 2.24) is 30.4 Å². The Labute approximate surface area is 174 Å². The van der Waals surface area contributed by atoms with Crippen LogP contribution in [0.4, 0.5) is 4.39 Å². The van der Waals surface area contributed by atoms with Gasteiger partial charge in [-0.1, -0.05) is 0 Å². The number of nitrogens with one attached hydrogen (secondary N) is 3. The molecule has 0 aliphatic rings. The summed E-state index contributed by atoms with van der Waals surface area (Å²) in [4.78, 5) is 7.85. The fourth-order valence-electron chi connectivity index (χ4n) is 3.01. The molecule has 0 saturated heterocycles. The molecule has 0 fully saturated rings. The van der Waals surface area contributed by atoms with E-state index in [4.69, 9.17) is 0 Å². The van der Waals surface area contributed by atoms with E-state index in [2.05, 4.69) is 37.1 Å². The number of benzene rings is 1. The summed E-state index contributed by atoms with van der Waals surface area (Å²) in [6, 6.07) is 4.82. The number of hydrogen-bond acceptors (Lipinski definition) is 4. The Hall–Kier alpha value is -2.55. The summed E-state index contributed by atoms with van der Waals surface area (Å²) in [5.41, 5.74) is 2.03. The molecule has 0 aliphatic carbocycles. The van der Waals surface area contributed by atoms with E-state index in [1.165, 1.54) is 6.07 Å². The summed E-state index contributed by atoms with van der Waals surface area (Å²) >= 11 is 1.83. The zero-order valence-electron chi connectivity index (χ0n) is 17.1. The quantitative estimate of drug-likeness (QED) is 0.283. The summed E-state index contributed by atoms with van der Waals surface area (Å²) < 4.78 is 15.5. The first-order valence-electron chi connectivity index (χ1n) is 9.70. The van der Waals surface area contributed by atoms with Crippen LogP contribution in [-0.2, 0) is 20.0 Å². The van der Waals surface area contributed by atoms with E-state index in [0.717, 1.165) is 59.2 Å². The third-order valence-electron chi connectivity index (χ3n) is 4.80. The standard InChI is InChI=1S/C20H28FN7S/c1-14-26-27-19(28(14)2)13-25-20(22-8-4-10-29-3)23-9-7-15-12-24-18-6-5-16(21)11-17(15)18/h5-6,11-12,24H,4,7-10,13H2,1-3H3,(H2,22,23,25). The number of guanidine groups is 1. The van der Waals surface area contributed by atoms with E-state index in [9.17, 15) is 4.39 Å². The molecule has 9 heteroatoms. The first-order valence-corrected chi connectivity index (χ1v) is 11.1. The average Bonchev–Trinajstić information content (AvgIpc) is 3.26. The summed E-state index contributed by atoms with van der Waals surface area (Å²) in [7, 11) is 1.94. The first kappa shape index (κ1) is 21.2. The topological polar surface area (TPSA) is 82.9 Å². The SMILES string of the molecule is CSCCCNC(=NCc1nnc(C)n1C)NCCc1c[nH]c2ccc(F)cc12. The number of aromatic nitrogens is 4. The third-order valence-corrected chi connectivity index (χ3v) is 5.49. The number of aliphatic imine (C=N–C) groups is 1. The molecule has 0 spiro atoms.